The zero-order chi connectivity index (χ0) is 12.6. The second-order valence-electron chi connectivity index (χ2n) is 4.85. The lowest BCUT2D eigenvalue weighted by atomic mass is 10.0. The predicted molar refractivity (Wildman–Crippen MR) is 65.1 cm³/mol. The highest BCUT2D eigenvalue weighted by molar-refractivity contribution is 5.49. The summed E-state index contributed by atoms with van der Waals surface area (Å²) in [7, 11) is 0. The summed E-state index contributed by atoms with van der Waals surface area (Å²) in [5.74, 6) is 0.787. The minimum absolute atomic E-state index is 0.459. The zero-order valence-corrected chi connectivity index (χ0v) is 10.5. The molecule has 3 N–H and O–H groups in total. The van der Waals surface area contributed by atoms with Gasteiger partial charge in [-0.05, 0) is 43.1 Å². The van der Waals surface area contributed by atoms with Gasteiger partial charge in [0, 0.05) is 13.8 Å². The molecule has 17 heavy (non-hydrogen) atoms. The molecule has 1 aromatic carbocycles. The molecule has 0 amide bonds. The van der Waals surface area contributed by atoms with Crippen molar-refractivity contribution in [2.24, 2.45) is 5.73 Å². The molecule has 1 aliphatic rings. The van der Waals surface area contributed by atoms with E-state index in [0.29, 0.717) is 18.7 Å². The summed E-state index contributed by atoms with van der Waals surface area (Å²) < 4.78 is 11.3. The Morgan fingerprint density at radius 2 is 1.88 bits per heavy atom. The minimum atomic E-state index is -0.633. The molecule has 0 bridgehead atoms. The standard InChI is InChI=1S/C13H19NO3/c1-8-6-11-12(17-13(2,3)16-11)7-9(8)10(15)4-5-14/h6-7,10,15H,4-5,14H2,1-3H3. The Kier molecular flexibility index (Phi) is 3.02. The molecule has 0 spiro atoms. The van der Waals surface area contributed by atoms with Crippen molar-refractivity contribution in [1.82, 2.24) is 0 Å². The van der Waals surface area contributed by atoms with Gasteiger partial charge in [0.15, 0.2) is 11.5 Å². The van der Waals surface area contributed by atoms with Gasteiger partial charge in [0.1, 0.15) is 0 Å². The quantitative estimate of drug-likeness (QED) is 0.842. The summed E-state index contributed by atoms with van der Waals surface area (Å²) in [5, 5.41) is 9.99. The third-order valence-electron chi connectivity index (χ3n) is 2.84. The van der Waals surface area contributed by atoms with Crippen molar-refractivity contribution in [2.45, 2.75) is 39.1 Å². The second kappa shape index (κ2) is 4.20. The zero-order valence-electron chi connectivity index (χ0n) is 10.5. The van der Waals surface area contributed by atoms with Gasteiger partial charge < -0.3 is 20.3 Å². The highest BCUT2D eigenvalue weighted by Gasteiger charge is 2.32. The van der Waals surface area contributed by atoms with Crippen molar-refractivity contribution >= 4 is 0 Å². The van der Waals surface area contributed by atoms with Crippen LogP contribution in [0, 0.1) is 6.92 Å². The van der Waals surface area contributed by atoms with Crippen LogP contribution in [0.15, 0.2) is 12.1 Å². The Hall–Kier alpha value is -1.26. The van der Waals surface area contributed by atoms with Crippen LogP contribution in [0.3, 0.4) is 0 Å². The van der Waals surface area contributed by atoms with Gasteiger partial charge >= 0.3 is 0 Å². The number of aryl methyl sites for hydroxylation is 1. The van der Waals surface area contributed by atoms with Crippen LogP contribution < -0.4 is 15.2 Å². The van der Waals surface area contributed by atoms with E-state index in [4.69, 9.17) is 15.2 Å². The summed E-state index contributed by atoms with van der Waals surface area (Å²) in [4.78, 5) is 0. The molecule has 1 atom stereocenters. The maximum Gasteiger partial charge on any atom is 0.246 e. The Morgan fingerprint density at radius 3 is 2.47 bits per heavy atom. The van der Waals surface area contributed by atoms with Gasteiger partial charge in [-0.2, -0.15) is 0 Å². The molecular formula is C13H19NO3. The van der Waals surface area contributed by atoms with Crippen molar-refractivity contribution < 1.29 is 14.6 Å². The van der Waals surface area contributed by atoms with Gasteiger partial charge in [-0.15, -0.1) is 0 Å². The van der Waals surface area contributed by atoms with Gasteiger partial charge in [-0.3, -0.25) is 0 Å². The Bertz CT molecular complexity index is 429. The Balaban J connectivity index is 2.33. The molecule has 0 saturated carbocycles. The summed E-state index contributed by atoms with van der Waals surface area (Å²) in [6.07, 6.45) is 0.00164. The van der Waals surface area contributed by atoms with E-state index in [1.165, 1.54) is 0 Å². The lowest BCUT2D eigenvalue weighted by Crippen LogP contribution is -2.29. The number of fused-ring (bicyclic) bond motifs is 1. The first-order valence-electron chi connectivity index (χ1n) is 5.83. The fraction of sp³-hybridized carbons (Fsp3) is 0.538. The number of nitrogens with two attached hydrogens (primary N) is 1. The van der Waals surface area contributed by atoms with E-state index in [9.17, 15) is 5.11 Å². The average Bonchev–Trinajstić information content (AvgIpc) is 2.50. The molecule has 0 radical (unpaired) electrons. The predicted octanol–water partition coefficient (Wildman–Crippen LogP) is 1.88. The summed E-state index contributed by atoms with van der Waals surface area (Å²) in [6.45, 7) is 6.13. The van der Waals surface area contributed by atoms with E-state index in [-0.39, 0.29) is 0 Å². The number of aliphatic hydroxyl groups excluding tert-OH is 1. The van der Waals surface area contributed by atoms with E-state index in [1.807, 2.05) is 32.9 Å². The van der Waals surface area contributed by atoms with Crippen molar-refractivity contribution in [3.63, 3.8) is 0 Å². The maximum atomic E-state index is 9.99. The van der Waals surface area contributed by atoms with Crippen molar-refractivity contribution in [1.29, 1.82) is 0 Å². The van der Waals surface area contributed by atoms with Crippen LogP contribution in [-0.4, -0.2) is 17.4 Å². The van der Waals surface area contributed by atoms with Crippen LogP contribution in [-0.2, 0) is 0 Å². The van der Waals surface area contributed by atoms with Gasteiger partial charge in [0.2, 0.25) is 5.79 Å². The Morgan fingerprint density at radius 1 is 1.29 bits per heavy atom. The maximum absolute atomic E-state index is 9.99. The molecule has 1 aliphatic heterocycles. The third kappa shape index (κ3) is 2.37. The van der Waals surface area contributed by atoms with E-state index in [2.05, 4.69) is 0 Å². The van der Waals surface area contributed by atoms with Crippen molar-refractivity contribution in [2.75, 3.05) is 6.54 Å². The first-order chi connectivity index (χ1) is 7.93. The number of hydrogen-bond acceptors (Lipinski definition) is 4. The fourth-order valence-electron chi connectivity index (χ4n) is 2.06. The molecule has 0 saturated heterocycles. The average molecular weight is 237 g/mol. The molecule has 4 heteroatoms. The lowest BCUT2D eigenvalue weighted by Gasteiger charge is -2.16. The molecule has 1 heterocycles. The normalized spacial score (nSPS) is 18.2. The Labute approximate surface area is 101 Å². The number of benzene rings is 1. The fourth-order valence-corrected chi connectivity index (χ4v) is 2.06. The monoisotopic (exact) mass is 237 g/mol. The SMILES string of the molecule is Cc1cc2c(cc1C(O)CCN)OC(C)(C)O2. The van der Waals surface area contributed by atoms with Gasteiger partial charge in [-0.1, -0.05) is 0 Å². The van der Waals surface area contributed by atoms with Crippen LogP contribution in [0.1, 0.15) is 37.5 Å². The van der Waals surface area contributed by atoms with E-state index >= 15 is 0 Å². The smallest absolute Gasteiger partial charge is 0.246 e. The van der Waals surface area contributed by atoms with Gasteiger partial charge in [0.25, 0.3) is 0 Å². The molecule has 0 fully saturated rings. The molecule has 2 rings (SSSR count). The van der Waals surface area contributed by atoms with Crippen LogP contribution in [0.5, 0.6) is 11.5 Å². The molecule has 0 aromatic heterocycles. The van der Waals surface area contributed by atoms with Crippen LogP contribution in [0.2, 0.25) is 0 Å². The third-order valence-corrected chi connectivity index (χ3v) is 2.84. The first kappa shape index (κ1) is 12.2. The first-order valence-corrected chi connectivity index (χ1v) is 5.83. The van der Waals surface area contributed by atoms with Crippen LogP contribution in [0.25, 0.3) is 0 Å². The molecule has 94 valence electrons. The summed E-state index contributed by atoms with van der Waals surface area (Å²) in [6, 6.07) is 3.75. The topological polar surface area (TPSA) is 64.7 Å². The lowest BCUT2D eigenvalue weighted by molar-refractivity contribution is -0.0432. The molecule has 4 nitrogen and oxygen atoms in total. The van der Waals surface area contributed by atoms with Gasteiger partial charge in [-0.25, -0.2) is 0 Å². The number of aliphatic hydroxyl groups is 1. The second-order valence-corrected chi connectivity index (χ2v) is 4.85. The summed E-state index contributed by atoms with van der Waals surface area (Å²) in [5.41, 5.74) is 7.31. The number of rotatable bonds is 3. The molecule has 1 aromatic rings. The number of ether oxygens (including phenoxy) is 2. The minimum Gasteiger partial charge on any atom is -0.449 e. The molecule has 0 aliphatic carbocycles. The van der Waals surface area contributed by atoms with Crippen LogP contribution >= 0.6 is 0 Å². The van der Waals surface area contributed by atoms with Crippen molar-refractivity contribution in [3.8, 4) is 11.5 Å². The molecule has 1 unspecified atom stereocenters. The largest absolute Gasteiger partial charge is 0.449 e. The van der Waals surface area contributed by atoms with Crippen LogP contribution in [0.4, 0.5) is 0 Å². The van der Waals surface area contributed by atoms with E-state index in [1.54, 1.807) is 0 Å². The van der Waals surface area contributed by atoms with Crippen molar-refractivity contribution in [3.05, 3.63) is 23.3 Å². The highest BCUT2D eigenvalue weighted by Crippen LogP contribution is 2.42. The summed E-state index contributed by atoms with van der Waals surface area (Å²) >= 11 is 0. The number of hydrogen-bond donors (Lipinski definition) is 2. The highest BCUT2D eigenvalue weighted by atomic mass is 16.7. The van der Waals surface area contributed by atoms with E-state index in [0.717, 1.165) is 16.9 Å². The van der Waals surface area contributed by atoms with E-state index < -0.39 is 11.9 Å². The van der Waals surface area contributed by atoms with Gasteiger partial charge in [0.05, 0.1) is 6.10 Å². The molecular weight excluding hydrogens is 218 g/mol.